The fourth-order valence-electron chi connectivity index (χ4n) is 4.09. The molecule has 27 heavy (non-hydrogen) atoms. The Balaban J connectivity index is 1.47. The van der Waals surface area contributed by atoms with E-state index in [2.05, 4.69) is 0 Å². The van der Waals surface area contributed by atoms with Gasteiger partial charge in [0.05, 0.1) is 19.1 Å². The second-order valence-corrected chi connectivity index (χ2v) is 7.26. The van der Waals surface area contributed by atoms with Crippen LogP contribution in [0.4, 0.5) is 4.39 Å². The lowest BCUT2D eigenvalue weighted by Crippen LogP contribution is -2.43. The second kappa shape index (κ2) is 8.69. The van der Waals surface area contributed by atoms with Crippen LogP contribution >= 0.6 is 0 Å². The number of hydrogen-bond donors (Lipinski definition) is 1. The highest BCUT2D eigenvalue weighted by Crippen LogP contribution is 2.33. The molecule has 2 saturated heterocycles. The number of rotatable bonds is 6. The number of carbonyl (C=O) groups excluding carboxylic acids is 1. The van der Waals surface area contributed by atoms with Gasteiger partial charge in [-0.1, -0.05) is 6.07 Å². The van der Waals surface area contributed by atoms with Crippen LogP contribution in [0.15, 0.2) is 18.2 Å². The van der Waals surface area contributed by atoms with Crippen molar-refractivity contribution in [2.45, 2.75) is 38.2 Å². The number of aliphatic carboxylic acids is 1. The lowest BCUT2D eigenvalue weighted by Gasteiger charge is -2.35. The van der Waals surface area contributed by atoms with E-state index in [1.54, 1.807) is 12.1 Å². The molecule has 0 spiro atoms. The molecule has 6 nitrogen and oxygen atoms in total. The molecular weight excluding hydrogens is 353 g/mol. The highest BCUT2D eigenvalue weighted by atomic mass is 19.1. The molecule has 0 bridgehead atoms. The number of methoxy groups -OCH3 is 1. The van der Waals surface area contributed by atoms with Crippen LogP contribution in [0.3, 0.4) is 0 Å². The third kappa shape index (κ3) is 4.58. The van der Waals surface area contributed by atoms with Crippen LogP contribution in [-0.4, -0.2) is 54.8 Å². The number of piperidine rings is 1. The van der Waals surface area contributed by atoms with Crippen LogP contribution in [0.5, 0.6) is 5.75 Å². The van der Waals surface area contributed by atoms with Crippen LogP contribution < -0.4 is 4.74 Å². The summed E-state index contributed by atoms with van der Waals surface area (Å²) in [5, 5.41) is 9.31. The number of benzene rings is 1. The first-order valence-corrected chi connectivity index (χ1v) is 9.44. The number of hydrogen-bond acceptors (Lipinski definition) is 4. The number of amides is 1. The van der Waals surface area contributed by atoms with E-state index < -0.39 is 17.7 Å². The molecule has 1 N–H and O–H groups in total. The molecule has 2 aliphatic rings. The molecule has 2 atom stereocenters. The number of halogens is 1. The number of carboxylic acids is 1. The van der Waals surface area contributed by atoms with Gasteiger partial charge in [0, 0.05) is 26.1 Å². The molecule has 3 rings (SSSR count). The standard InChI is InChI=1S/C20H26FNO5/c1-26-17-4-2-13(12-16(17)21)3-5-18(23)22-9-6-14(7-10-22)19-15(20(24)25)8-11-27-19/h2,4,12,14-15,19H,3,5-11H2,1H3,(H,24,25)/t15?,19-/m0/s1. The second-order valence-electron chi connectivity index (χ2n) is 7.26. The summed E-state index contributed by atoms with van der Waals surface area (Å²) < 4.78 is 24.3. The number of aryl methyl sites for hydroxylation is 1. The third-order valence-corrected chi connectivity index (χ3v) is 5.65. The van der Waals surface area contributed by atoms with Crippen molar-refractivity contribution in [2.24, 2.45) is 11.8 Å². The summed E-state index contributed by atoms with van der Waals surface area (Å²) in [6.07, 6.45) is 2.66. The van der Waals surface area contributed by atoms with Gasteiger partial charge < -0.3 is 19.5 Å². The van der Waals surface area contributed by atoms with Crippen LogP contribution in [0.25, 0.3) is 0 Å². The number of nitrogens with zero attached hydrogens (tertiary/aromatic N) is 1. The first kappa shape index (κ1) is 19.6. The Morgan fingerprint density at radius 2 is 2.04 bits per heavy atom. The minimum atomic E-state index is -0.789. The Bertz CT molecular complexity index is 687. The molecule has 1 unspecified atom stereocenters. The van der Waals surface area contributed by atoms with Crippen LogP contribution in [-0.2, 0) is 20.7 Å². The molecular formula is C20H26FNO5. The molecule has 1 amide bonds. The van der Waals surface area contributed by atoms with Crippen molar-refractivity contribution in [3.05, 3.63) is 29.6 Å². The third-order valence-electron chi connectivity index (χ3n) is 5.65. The molecule has 2 heterocycles. The highest BCUT2D eigenvalue weighted by Gasteiger charge is 2.40. The van der Waals surface area contributed by atoms with Crippen molar-refractivity contribution in [3.8, 4) is 5.75 Å². The van der Waals surface area contributed by atoms with Gasteiger partial charge in [-0.25, -0.2) is 4.39 Å². The summed E-state index contributed by atoms with van der Waals surface area (Å²) in [6.45, 7) is 1.73. The Kier molecular flexibility index (Phi) is 6.31. The van der Waals surface area contributed by atoms with Crippen molar-refractivity contribution in [3.63, 3.8) is 0 Å². The Hall–Kier alpha value is -2.15. The zero-order chi connectivity index (χ0) is 19.4. The lowest BCUT2D eigenvalue weighted by molar-refractivity contribution is -0.146. The quantitative estimate of drug-likeness (QED) is 0.822. The maximum absolute atomic E-state index is 13.7. The highest BCUT2D eigenvalue weighted by molar-refractivity contribution is 5.76. The summed E-state index contributed by atoms with van der Waals surface area (Å²) >= 11 is 0. The monoisotopic (exact) mass is 379 g/mol. The van der Waals surface area contributed by atoms with Crippen molar-refractivity contribution in [2.75, 3.05) is 26.8 Å². The Morgan fingerprint density at radius 1 is 1.30 bits per heavy atom. The van der Waals surface area contributed by atoms with E-state index in [1.807, 2.05) is 4.90 Å². The average Bonchev–Trinajstić information content (AvgIpc) is 3.16. The number of ether oxygens (including phenoxy) is 2. The maximum atomic E-state index is 13.7. The largest absolute Gasteiger partial charge is 0.494 e. The number of carbonyl (C=O) groups is 2. The minimum Gasteiger partial charge on any atom is -0.494 e. The molecule has 1 aromatic rings. The van der Waals surface area contributed by atoms with Crippen LogP contribution in [0, 0.1) is 17.7 Å². The van der Waals surface area contributed by atoms with Gasteiger partial charge in [0.25, 0.3) is 0 Å². The molecule has 0 saturated carbocycles. The zero-order valence-corrected chi connectivity index (χ0v) is 15.5. The molecule has 0 radical (unpaired) electrons. The normalized spacial score (nSPS) is 23.4. The van der Waals surface area contributed by atoms with E-state index in [9.17, 15) is 19.1 Å². The van der Waals surface area contributed by atoms with Crippen molar-refractivity contribution >= 4 is 11.9 Å². The molecule has 0 aromatic heterocycles. The Morgan fingerprint density at radius 3 is 2.67 bits per heavy atom. The summed E-state index contributed by atoms with van der Waals surface area (Å²) in [6, 6.07) is 4.74. The lowest BCUT2D eigenvalue weighted by atomic mass is 9.84. The molecule has 1 aromatic carbocycles. The number of carboxylic acid groups (broad SMARTS) is 1. The van der Waals surface area contributed by atoms with Gasteiger partial charge in [-0.05, 0) is 49.3 Å². The van der Waals surface area contributed by atoms with Crippen LogP contribution in [0.2, 0.25) is 0 Å². The molecule has 7 heteroatoms. The summed E-state index contributed by atoms with van der Waals surface area (Å²) in [5.41, 5.74) is 0.764. The van der Waals surface area contributed by atoms with E-state index in [0.717, 1.165) is 18.4 Å². The van der Waals surface area contributed by atoms with Gasteiger partial charge in [0.2, 0.25) is 5.91 Å². The van der Waals surface area contributed by atoms with Gasteiger partial charge in [-0.2, -0.15) is 0 Å². The zero-order valence-electron chi connectivity index (χ0n) is 15.5. The Labute approximate surface area is 158 Å². The smallest absolute Gasteiger partial charge is 0.309 e. The fourth-order valence-corrected chi connectivity index (χ4v) is 4.09. The van der Waals surface area contributed by atoms with E-state index in [-0.39, 0.29) is 23.7 Å². The predicted octanol–water partition coefficient (Wildman–Crippen LogP) is 2.50. The van der Waals surface area contributed by atoms with E-state index in [4.69, 9.17) is 9.47 Å². The first-order chi connectivity index (χ1) is 13.0. The van der Waals surface area contributed by atoms with Crippen molar-refractivity contribution < 1.29 is 28.6 Å². The summed E-state index contributed by atoms with van der Waals surface area (Å²) in [4.78, 5) is 25.6. The van der Waals surface area contributed by atoms with Gasteiger partial charge in [0.15, 0.2) is 11.6 Å². The molecule has 148 valence electrons. The molecule has 0 aliphatic carbocycles. The predicted molar refractivity (Wildman–Crippen MR) is 96.1 cm³/mol. The topological polar surface area (TPSA) is 76.1 Å². The molecule has 2 fully saturated rings. The van der Waals surface area contributed by atoms with Crippen molar-refractivity contribution in [1.82, 2.24) is 4.90 Å². The average molecular weight is 379 g/mol. The van der Waals surface area contributed by atoms with Crippen LogP contribution in [0.1, 0.15) is 31.2 Å². The summed E-state index contributed by atoms with van der Waals surface area (Å²) in [7, 11) is 1.42. The van der Waals surface area contributed by atoms with E-state index in [0.29, 0.717) is 39.0 Å². The SMILES string of the molecule is COc1ccc(CCC(=O)N2CCC([C@@H]3OCCC3C(=O)O)CC2)cc1F. The van der Waals surface area contributed by atoms with Gasteiger partial charge in [-0.3, -0.25) is 9.59 Å². The van der Waals surface area contributed by atoms with Crippen molar-refractivity contribution in [1.29, 1.82) is 0 Å². The molecule has 2 aliphatic heterocycles. The van der Waals surface area contributed by atoms with E-state index in [1.165, 1.54) is 13.2 Å². The van der Waals surface area contributed by atoms with E-state index >= 15 is 0 Å². The number of likely N-dealkylation sites (tertiary alicyclic amines) is 1. The van der Waals surface area contributed by atoms with Gasteiger partial charge in [-0.15, -0.1) is 0 Å². The van der Waals surface area contributed by atoms with Gasteiger partial charge >= 0.3 is 5.97 Å². The maximum Gasteiger partial charge on any atom is 0.309 e. The fraction of sp³-hybridized carbons (Fsp3) is 0.600. The first-order valence-electron chi connectivity index (χ1n) is 9.44. The minimum absolute atomic E-state index is 0.0480. The van der Waals surface area contributed by atoms with Gasteiger partial charge in [0.1, 0.15) is 0 Å². The summed E-state index contributed by atoms with van der Waals surface area (Å²) in [5.74, 6) is -1.21.